The molecule has 5 aromatic rings. The average molecular weight is 500 g/mol. The molecule has 0 fully saturated rings. The highest BCUT2D eigenvalue weighted by molar-refractivity contribution is 7.12. The minimum absolute atomic E-state index is 0.110. The highest BCUT2D eigenvalue weighted by Gasteiger charge is 2.28. The van der Waals surface area contributed by atoms with Crippen LogP contribution in [0.25, 0.3) is 16.6 Å². The monoisotopic (exact) mass is 499 g/mol. The van der Waals surface area contributed by atoms with Crippen molar-refractivity contribution >= 4 is 39.7 Å². The Morgan fingerprint density at radius 1 is 0.971 bits per heavy atom. The number of hydrogen-bond donors (Lipinski definition) is 0. The van der Waals surface area contributed by atoms with Crippen molar-refractivity contribution in [1.82, 2.24) is 14.5 Å². The number of benzene rings is 3. The molecule has 0 aliphatic heterocycles. The largest absolute Gasteiger partial charge is 0.324 e. The van der Waals surface area contributed by atoms with Crippen molar-refractivity contribution in [2.24, 2.45) is 0 Å². The van der Waals surface area contributed by atoms with Crippen molar-refractivity contribution in [3.05, 3.63) is 128 Å². The summed E-state index contributed by atoms with van der Waals surface area (Å²) in [5, 5.41) is 2.97. The van der Waals surface area contributed by atoms with Crippen LogP contribution in [0.4, 0.5) is 0 Å². The topological polar surface area (TPSA) is 55.2 Å². The van der Waals surface area contributed by atoms with Crippen LogP contribution in [-0.4, -0.2) is 20.4 Å². The Bertz CT molecular complexity index is 1530. The zero-order chi connectivity index (χ0) is 24.4. The van der Waals surface area contributed by atoms with Crippen LogP contribution in [0.2, 0.25) is 5.02 Å². The molecule has 0 saturated heterocycles. The maximum Gasteiger partial charge on any atom is 0.266 e. The van der Waals surface area contributed by atoms with Crippen molar-refractivity contribution in [1.29, 1.82) is 0 Å². The molecule has 0 bridgehead atoms. The van der Waals surface area contributed by atoms with E-state index in [0.29, 0.717) is 38.9 Å². The van der Waals surface area contributed by atoms with Gasteiger partial charge in [0, 0.05) is 11.6 Å². The number of aromatic nitrogens is 2. The van der Waals surface area contributed by atoms with Crippen LogP contribution in [0, 0.1) is 0 Å². The fraction of sp³-hybridized carbons (Fsp3) is 0.107. The number of nitrogens with zero attached hydrogens (tertiary/aromatic N) is 3. The van der Waals surface area contributed by atoms with E-state index >= 15 is 0 Å². The summed E-state index contributed by atoms with van der Waals surface area (Å²) in [4.78, 5) is 34.7. The lowest BCUT2D eigenvalue weighted by Gasteiger charge is -2.30. The smallest absolute Gasteiger partial charge is 0.266 e. The third-order valence-corrected chi connectivity index (χ3v) is 7.03. The first-order valence-corrected chi connectivity index (χ1v) is 12.4. The minimum atomic E-state index is -0.502. The van der Waals surface area contributed by atoms with Crippen molar-refractivity contribution in [3.8, 4) is 5.69 Å². The van der Waals surface area contributed by atoms with E-state index in [1.807, 2.05) is 73.0 Å². The van der Waals surface area contributed by atoms with E-state index in [-0.39, 0.29) is 11.5 Å². The zero-order valence-corrected chi connectivity index (χ0v) is 20.5. The number of carbonyl (C=O) groups excluding carboxylic acids is 1. The number of thiophene rings is 1. The van der Waals surface area contributed by atoms with E-state index in [1.165, 1.54) is 11.3 Å². The van der Waals surface area contributed by atoms with E-state index < -0.39 is 6.04 Å². The Hall–Kier alpha value is -3.74. The van der Waals surface area contributed by atoms with Gasteiger partial charge in [0.05, 0.1) is 27.5 Å². The minimum Gasteiger partial charge on any atom is -0.324 e. The van der Waals surface area contributed by atoms with Gasteiger partial charge in [0.1, 0.15) is 5.82 Å². The molecule has 35 heavy (non-hydrogen) atoms. The van der Waals surface area contributed by atoms with Gasteiger partial charge < -0.3 is 4.90 Å². The van der Waals surface area contributed by atoms with Crippen LogP contribution in [0.15, 0.2) is 101 Å². The molecule has 7 heteroatoms. The first-order valence-electron chi connectivity index (χ1n) is 11.2. The van der Waals surface area contributed by atoms with Crippen LogP contribution in [0.1, 0.15) is 34.0 Å². The summed E-state index contributed by atoms with van der Waals surface area (Å²) in [5.74, 6) is 0.373. The molecule has 0 aliphatic carbocycles. The van der Waals surface area contributed by atoms with E-state index in [0.717, 1.165) is 5.56 Å². The quantitative estimate of drug-likeness (QED) is 0.268. The Morgan fingerprint density at radius 3 is 2.40 bits per heavy atom. The number of hydrogen-bond acceptors (Lipinski definition) is 4. The molecule has 2 heterocycles. The molecule has 0 spiro atoms. The van der Waals surface area contributed by atoms with Gasteiger partial charge in [0.15, 0.2) is 0 Å². The van der Waals surface area contributed by atoms with Crippen molar-refractivity contribution in [3.63, 3.8) is 0 Å². The van der Waals surface area contributed by atoms with Gasteiger partial charge >= 0.3 is 0 Å². The number of rotatable bonds is 6. The van der Waals surface area contributed by atoms with E-state index in [9.17, 15) is 9.59 Å². The normalized spacial score (nSPS) is 11.9. The van der Waals surface area contributed by atoms with Gasteiger partial charge in [0.2, 0.25) is 0 Å². The van der Waals surface area contributed by atoms with Crippen molar-refractivity contribution in [2.45, 2.75) is 19.5 Å². The zero-order valence-electron chi connectivity index (χ0n) is 19.0. The van der Waals surface area contributed by atoms with Gasteiger partial charge in [0.25, 0.3) is 11.5 Å². The lowest BCUT2D eigenvalue weighted by molar-refractivity contribution is 0.0669. The molecule has 0 saturated carbocycles. The lowest BCUT2D eigenvalue weighted by atomic mass is 10.1. The van der Waals surface area contributed by atoms with Crippen molar-refractivity contribution < 1.29 is 4.79 Å². The Morgan fingerprint density at radius 2 is 1.69 bits per heavy atom. The molecular formula is C28H22ClN3O2S. The Labute approximate surface area is 211 Å². The summed E-state index contributed by atoms with van der Waals surface area (Å²) in [5.41, 5.74) is 2.03. The van der Waals surface area contributed by atoms with E-state index in [1.54, 1.807) is 39.8 Å². The molecule has 1 amide bonds. The van der Waals surface area contributed by atoms with E-state index in [2.05, 4.69) is 0 Å². The predicted molar refractivity (Wildman–Crippen MR) is 141 cm³/mol. The average Bonchev–Trinajstić information content (AvgIpc) is 3.43. The Balaban J connectivity index is 1.70. The fourth-order valence-corrected chi connectivity index (χ4v) is 4.92. The van der Waals surface area contributed by atoms with Crippen LogP contribution < -0.4 is 5.56 Å². The van der Waals surface area contributed by atoms with Gasteiger partial charge in [-0.3, -0.25) is 14.2 Å². The van der Waals surface area contributed by atoms with Gasteiger partial charge in [-0.15, -0.1) is 11.3 Å². The first-order chi connectivity index (χ1) is 17.0. The Kier molecular flexibility index (Phi) is 6.49. The summed E-state index contributed by atoms with van der Waals surface area (Å²) in [6.07, 6.45) is 0. The predicted octanol–water partition coefficient (Wildman–Crippen LogP) is 6.50. The molecule has 0 radical (unpaired) electrons. The SMILES string of the molecule is CC(c1nc2ccccc2c(=O)n1-c1ccc(Cl)cc1)N(Cc1ccccc1)C(=O)c1cccs1. The van der Waals surface area contributed by atoms with Crippen molar-refractivity contribution in [2.75, 3.05) is 0 Å². The third kappa shape index (κ3) is 4.63. The highest BCUT2D eigenvalue weighted by Crippen LogP contribution is 2.27. The maximum atomic E-state index is 13.7. The molecule has 2 aromatic heterocycles. The number of halogens is 1. The molecule has 5 rings (SSSR count). The van der Waals surface area contributed by atoms with E-state index in [4.69, 9.17) is 16.6 Å². The van der Waals surface area contributed by atoms with Gasteiger partial charge in [-0.2, -0.15) is 0 Å². The molecule has 1 atom stereocenters. The summed E-state index contributed by atoms with van der Waals surface area (Å²) < 4.78 is 1.59. The number of carbonyl (C=O) groups is 1. The number of amides is 1. The molecule has 1 unspecified atom stereocenters. The number of para-hydroxylation sites is 1. The van der Waals surface area contributed by atoms with Crippen LogP contribution in [0.5, 0.6) is 0 Å². The molecule has 174 valence electrons. The number of fused-ring (bicyclic) bond motifs is 1. The fourth-order valence-electron chi connectivity index (χ4n) is 4.12. The third-order valence-electron chi connectivity index (χ3n) is 5.92. The van der Waals surface area contributed by atoms with Crippen LogP contribution >= 0.6 is 22.9 Å². The lowest BCUT2D eigenvalue weighted by Crippen LogP contribution is -2.36. The summed E-state index contributed by atoms with van der Waals surface area (Å²) >= 11 is 7.52. The maximum absolute atomic E-state index is 13.7. The molecular weight excluding hydrogens is 478 g/mol. The molecule has 3 aromatic carbocycles. The standard InChI is InChI=1S/C28H22ClN3O2S/c1-19(31(18-20-8-3-2-4-9-20)28(34)25-12-7-17-35-25)26-30-24-11-6-5-10-23(24)27(33)32(26)22-15-13-21(29)14-16-22/h2-17,19H,18H2,1H3. The molecule has 0 aliphatic rings. The molecule has 5 nitrogen and oxygen atoms in total. The summed E-state index contributed by atoms with van der Waals surface area (Å²) in [6.45, 7) is 2.29. The highest BCUT2D eigenvalue weighted by atomic mass is 35.5. The van der Waals surface area contributed by atoms with Crippen LogP contribution in [0.3, 0.4) is 0 Å². The van der Waals surface area contributed by atoms with Crippen LogP contribution in [-0.2, 0) is 6.54 Å². The summed E-state index contributed by atoms with van der Waals surface area (Å²) in [6, 6.07) is 27.3. The second kappa shape index (κ2) is 9.86. The second-order valence-corrected chi connectivity index (χ2v) is 9.56. The van der Waals surface area contributed by atoms with Gasteiger partial charge in [-0.05, 0) is 60.3 Å². The van der Waals surface area contributed by atoms with Gasteiger partial charge in [-0.1, -0.05) is 60.1 Å². The summed E-state index contributed by atoms with van der Waals surface area (Å²) in [7, 11) is 0. The second-order valence-electron chi connectivity index (χ2n) is 8.18. The van der Waals surface area contributed by atoms with Gasteiger partial charge in [-0.25, -0.2) is 4.98 Å². The first kappa shape index (κ1) is 23.0. The molecule has 0 N–H and O–H groups in total.